The molecular weight excluding hydrogens is 196 g/mol. The molecule has 2 rings (SSSR count). The quantitative estimate of drug-likeness (QED) is 0.831. The number of thioether (sulfide) groups is 1. The Labute approximate surface area is 88.7 Å². The van der Waals surface area contributed by atoms with Gasteiger partial charge in [0.1, 0.15) is 6.26 Å². The average molecular weight is 212 g/mol. The van der Waals surface area contributed by atoms with Crippen molar-refractivity contribution in [1.82, 2.24) is 10.3 Å². The molecule has 1 aliphatic heterocycles. The Hall–Kier alpha value is -0.480. The first kappa shape index (κ1) is 10.1. The van der Waals surface area contributed by atoms with Crippen LogP contribution < -0.4 is 5.32 Å². The van der Waals surface area contributed by atoms with E-state index in [2.05, 4.69) is 10.3 Å². The third-order valence-electron chi connectivity index (χ3n) is 2.50. The minimum Gasteiger partial charge on any atom is -0.448 e. The Morgan fingerprint density at radius 1 is 1.57 bits per heavy atom. The highest BCUT2D eigenvalue weighted by Gasteiger charge is 2.20. The second kappa shape index (κ2) is 4.84. The molecule has 1 N–H and O–H groups in total. The van der Waals surface area contributed by atoms with Crippen LogP contribution in [-0.2, 0) is 6.54 Å². The fraction of sp³-hybridized carbons (Fsp3) is 0.700. The third-order valence-corrected chi connectivity index (χ3v) is 3.55. The summed E-state index contributed by atoms with van der Waals surface area (Å²) in [5.41, 5.74) is 1.01. The van der Waals surface area contributed by atoms with Crippen LogP contribution in [0, 0.1) is 0 Å². The fourth-order valence-corrected chi connectivity index (χ4v) is 2.82. The largest absolute Gasteiger partial charge is 0.448 e. The lowest BCUT2D eigenvalue weighted by atomic mass is 10.0. The van der Waals surface area contributed by atoms with E-state index < -0.39 is 0 Å². The normalized spacial score (nSPS) is 18.6. The van der Waals surface area contributed by atoms with Gasteiger partial charge in [-0.1, -0.05) is 0 Å². The molecule has 1 fully saturated rings. The van der Waals surface area contributed by atoms with E-state index in [-0.39, 0.29) is 0 Å². The van der Waals surface area contributed by atoms with Gasteiger partial charge in [-0.3, -0.25) is 0 Å². The molecule has 0 aromatic carbocycles. The monoisotopic (exact) mass is 212 g/mol. The topological polar surface area (TPSA) is 38.1 Å². The van der Waals surface area contributed by atoms with E-state index in [0.29, 0.717) is 5.92 Å². The summed E-state index contributed by atoms with van der Waals surface area (Å²) in [4.78, 5) is 4.49. The Morgan fingerprint density at radius 3 is 3.07 bits per heavy atom. The molecule has 0 amide bonds. The van der Waals surface area contributed by atoms with Gasteiger partial charge in [-0.15, -0.1) is 0 Å². The van der Waals surface area contributed by atoms with Crippen LogP contribution in [0.25, 0.3) is 0 Å². The SMILES string of the molecule is CNCc1coc(C2CCSCC2)n1. The summed E-state index contributed by atoms with van der Waals surface area (Å²) >= 11 is 2.03. The zero-order valence-corrected chi connectivity index (χ0v) is 9.27. The third kappa shape index (κ3) is 2.30. The van der Waals surface area contributed by atoms with Gasteiger partial charge in [-0.25, -0.2) is 4.98 Å². The fourth-order valence-electron chi connectivity index (χ4n) is 1.72. The van der Waals surface area contributed by atoms with E-state index in [0.717, 1.165) is 18.1 Å². The van der Waals surface area contributed by atoms with Crippen molar-refractivity contribution in [3.63, 3.8) is 0 Å². The number of oxazole rings is 1. The standard InChI is InChI=1S/C10H16N2OS/c1-11-6-9-7-13-10(12-9)8-2-4-14-5-3-8/h7-8,11H,2-6H2,1H3. The van der Waals surface area contributed by atoms with Crippen molar-refractivity contribution in [2.45, 2.75) is 25.3 Å². The number of hydrogen-bond donors (Lipinski definition) is 1. The van der Waals surface area contributed by atoms with Gasteiger partial charge in [-0.2, -0.15) is 11.8 Å². The van der Waals surface area contributed by atoms with E-state index in [1.54, 1.807) is 6.26 Å². The summed E-state index contributed by atoms with van der Waals surface area (Å²) in [6, 6.07) is 0. The molecule has 1 saturated heterocycles. The van der Waals surface area contributed by atoms with E-state index in [9.17, 15) is 0 Å². The highest BCUT2D eigenvalue weighted by Crippen LogP contribution is 2.30. The Kier molecular flexibility index (Phi) is 3.48. The molecule has 0 unspecified atom stereocenters. The highest BCUT2D eigenvalue weighted by atomic mass is 32.2. The van der Waals surface area contributed by atoms with E-state index in [4.69, 9.17) is 4.42 Å². The van der Waals surface area contributed by atoms with E-state index in [1.807, 2.05) is 18.8 Å². The second-order valence-corrected chi connectivity index (χ2v) is 4.82. The van der Waals surface area contributed by atoms with Gasteiger partial charge in [0.25, 0.3) is 0 Å². The van der Waals surface area contributed by atoms with Crippen molar-refractivity contribution in [1.29, 1.82) is 0 Å². The second-order valence-electron chi connectivity index (χ2n) is 3.59. The molecule has 1 aromatic heterocycles. The van der Waals surface area contributed by atoms with Crippen LogP contribution in [-0.4, -0.2) is 23.5 Å². The maximum Gasteiger partial charge on any atom is 0.197 e. The van der Waals surface area contributed by atoms with Gasteiger partial charge in [0.2, 0.25) is 0 Å². The molecule has 3 nitrogen and oxygen atoms in total. The van der Waals surface area contributed by atoms with Crippen LogP contribution in [0.1, 0.15) is 30.3 Å². The number of rotatable bonds is 3. The van der Waals surface area contributed by atoms with Crippen molar-refractivity contribution in [2.24, 2.45) is 0 Å². The predicted octanol–water partition coefficient (Wildman–Crippen LogP) is 2.00. The van der Waals surface area contributed by atoms with Crippen LogP contribution in [0.5, 0.6) is 0 Å². The summed E-state index contributed by atoms with van der Waals surface area (Å²) in [6.07, 6.45) is 4.20. The molecule has 0 bridgehead atoms. The molecule has 0 saturated carbocycles. The molecule has 1 aromatic rings. The van der Waals surface area contributed by atoms with Crippen LogP contribution in [0.15, 0.2) is 10.7 Å². The maximum absolute atomic E-state index is 5.50. The maximum atomic E-state index is 5.50. The van der Waals surface area contributed by atoms with Gasteiger partial charge < -0.3 is 9.73 Å². The van der Waals surface area contributed by atoms with Gasteiger partial charge >= 0.3 is 0 Å². The first-order valence-electron chi connectivity index (χ1n) is 5.07. The molecule has 0 atom stereocenters. The molecule has 0 aliphatic carbocycles. The highest BCUT2D eigenvalue weighted by molar-refractivity contribution is 7.99. The molecule has 78 valence electrons. The minimum atomic E-state index is 0.557. The number of aromatic nitrogens is 1. The average Bonchev–Trinajstić information content (AvgIpc) is 2.68. The lowest BCUT2D eigenvalue weighted by molar-refractivity contribution is 0.430. The molecule has 0 radical (unpaired) electrons. The number of hydrogen-bond acceptors (Lipinski definition) is 4. The van der Waals surface area contributed by atoms with Crippen molar-refractivity contribution in [3.8, 4) is 0 Å². The zero-order valence-electron chi connectivity index (χ0n) is 8.45. The van der Waals surface area contributed by atoms with Gasteiger partial charge in [-0.05, 0) is 31.4 Å². The molecule has 1 aliphatic rings. The van der Waals surface area contributed by atoms with Crippen LogP contribution in [0.3, 0.4) is 0 Å². The van der Waals surface area contributed by atoms with Crippen LogP contribution in [0.4, 0.5) is 0 Å². The molecule has 4 heteroatoms. The molecular formula is C10H16N2OS. The van der Waals surface area contributed by atoms with Gasteiger partial charge in [0.15, 0.2) is 5.89 Å². The van der Waals surface area contributed by atoms with Crippen molar-refractivity contribution in [2.75, 3.05) is 18.6 Å². The Morgan fingerprint density at radius 2 is 2.36 bits per heavy atom. The number of nitrogens with one attached hydrogen (secondary N) is 1. The summed E-state index contributed by atoms with van der Waals surface area (Å²) in [6.45, 7) is 0.797. The van der Waals surface area contributed by atoms with E-state index in [1.165, 1.54) is 24.3 Å². The first-order chi connectivity index (χ1) is 6.90. The van der Waals surface area contributed by atoms with Gasteiger partial charge in [0, 0.05) is 12.5 Å². The lowest BCUT2D eigenvalue weighted by Crippen LogP contribution is -2.09. The molecule has 2 heterocycles. The summed E-state index contributed by atoms with van der Waals surface area (Å²) < 4.78 is 5.50. The van der Waals surface area contributed by atoms with Crippen molar-refractivity contribution < 1.29 is 4.42 Å². The molecule has 0 spiro atoms. The summed E-state index contributed by atoms with van der Waals surface area (Å²) in [5.74, 6) is 3.99. The Balaban J connectivity index is 2.00. The predicted molar refractivity (Wildman–Crippen MR) is 58.6 cm³/mol. The van der Waals surface area contributed by atoms with Crippen molar-refractivity contribution >= 4 is 11.8 Å². The zero-order chi connectivity index (χ0) is 9.80. The number of nitrogens with zero attached hydrogens (tertiary/aromatic N) is 1. The van der Waals surface area contributed by atoms with Crippen molar-refractivity contribution in [3.05, 3.63) is 17.8 Å². The summed E-state index contributed by atoms with van der Waals surface area (Å²) in [7, 11) is 1.92. The lowest BCUT2D eigenvalue weighted by Gasteiger charge is -2.17. The minimum absolute atomic E-state index is 0.557. The first-order valence-corrected chi connectivity index (χ1v) is 6.22. The summed E-state index contributed by atoms with van der Waals surface area (Å²) in [5, 5.41) is 3.07. The Bertz CT molecular complexity index is 281. The van der Waals surface area contributed by atoms with E-state index >= 15 is 0 Å². The smallest absolute Gasteiger partial charge is 0.197 e. The van der Waals surface area contributed by atoms with Crippen LogP contribution in [0.2, 0.25) is 0 Å². The van der Waals surface area contributed by atoms with Gasteiger partial charge in [0.05, 0.1) is 5.69 Å². The molecule has 14 heavy (non-hydrogen) atoms. The van der Waals surface area contributed by atoms with Crippen LogP contribution >= 0.6 is 11.8 Å².